The number of rotatable bonds is 5. The van der Waals surface area contributed by atoms with Crippen LogP contribution in [0.15, 0.2) is 249 Å². The monoisotopic (exact) mass is 848 g/mol. The molecule has 0 bridgehead atoms. The maximum absolute atomic E-state index is 2.55. The number of hydrogen-bond donors (Lipinski definition) is 0. The van der Waals surface area contributed by atoms with E-state index in [1.54, 1.807) is 0 Å². The molecule has 0 amide bonds. The first-order chi connectivity index (χ1) is 33.2. The van der Waals surface area contributed by atoms with Crippen LogP contribution in [0.4, 0.5) is 34.1 Å². The van der Waals surface area contributed by atoms with Crippen LogP contribution in [0, 0.1) is 0 Å². The average Bonchev–Trinajstić information content (AvgIpc) is 3.40. The maximum atomic E-state index is 2.55. The van der Waals surface area contributed by atoms with Gasteiger partial charge in [-0.1, -0.05) is 182 Å². The molecule has 0 unspecified atom stereocenters. The third-order valence-electron chi connectivity index (χ3n) is 14.4. The van der Waals surface area contributed by atoms with Gasteiger partial charge in [0.2, 0.25) is 0 Å². The van der Waals surface area contributed by atoms with Gasteiger partial charge >= 0.3 is 0 Å². The lowest BCUT2D eigenvalue weighted by Crippen LogP contribution is -2.61. The Morgan fingerprint density at radius 1 is 0.224 bits per heavy atom. The zero-order valence-corrected chi connectivity index (χ0v) is 36.6. The fourth-order valence-electron chi connectivity index (χ4n) is 11.3. The molecular weight excluding hydrogens is 808 g/mol. The first kappa shape index (κ1) is 37.7. The molecule has 0 aromatic heterocycles. The summed E-state index contributed by atoms with van der Waals surface area (Å²) in [6.45, 7) is -0.0519. The number of fused-ring (bicyclic) bond motifs is 10. The quantitative estimate of drug-likeness (QED) is 0.126. The van der Waals surface area contributed by atoms with Crippen molar-refractivity contribution in [2.75, 3.05) is 9.80 Å². The third-order valence-corrected chi connectivity index (χ3v) is 14.4. The van der Waals surface area contributed by atoms with Gasteiger partial charge in [-0.05, 0) is 160 Å². The first-order valence-electron chi connectivity index (χ1n) is 23.3. The SMILES string of the molecule is c1ccc(-c2ccc(N3c4cc(-c5ccc6cc7ccccc7cc6c5)cc5c4B(c4c3ccc3ccccc43)c3c(ccc4ccccc34)N5c3ccc(-c4ccccc4)cc3)cc2)cc1. The fourth-order valence-corrected chi connectivity index (χ4v) is 11.3. The van der Waals surface area contributed by atoms with Gasteiger partial charge in [0.25, 0.3) is 6.71 Å². The Bertz CT molecular complexity index is 3720. The molecule has 2 heterocycles. The molecule has 0 atom stereocenters. The van der Waals surface area contributed by atoms with Crippen LogP contribution < -0.4 is 26.2 Å². The number of anilines is 6. The summed E-state index contributed by atoms with van der Waals surface area (Å²) >= 11 is 0. The lowest BCUT2D eigenvalue weighted by Gasteiger charge is -2.45. The molecule has 12 aromatic carbocycles. The Kier molecular flexibility index (Phi) is 8.41. The second-order valence-corrected chi connectivity index (χ2v) is 18.1. The van der Waals surface area contributed by atoms with Crippen LogP contribution in [0.5, 0.6) is 0 Å². The van der Waals surface area contributed by atoms with Crippen molar-refractivity contribution in [1.82, 2.24) is 0 Å². The predicted octanol–water partition coefficient (Wildman–Crippen LogP) is 15.4. The minimum atomic E-state index is -0.0519. The summed E-state index contributed by atoms with van der Waals surface area (Å²) in [6.07, 6.45) is 0. The molecule has 67 heavy (non-hydrogen) atoms. The van der Waals surface area contributed by atoms with Gasteiger partial charge in [0.15, 0.2) is 0 Å². The Labute approximate surface area is 390 Å². The molecular formula is C64H41BN2. The normalized spacial score (nSPS) is 12.7. The van der Waals surface area contributed by atoms with E-state index >= 15 is 0 Å². The summed E-state index contributed by atoms with van der Waals surface area (Å²) in [5.41, 5.74) is 18.2. The van der Waals surface area contributed by atoms with E-state index in [0.717, 1.165) is 11.4 Å². The Morgan fingerprint density at radius 2 is 0.612 bits per heavy atom. The molecule has 0 N–H and O–H groups in total. The van der Waals surface area contributed by atoms with Gasteiger partial charge in [0.05, 0.1) is 0 Å². The second-order valence-electron chi connectivity index (χ2n) is 18.1. The highest BCUT2D eigenvalue weighted by molar-refractivity contribution is 7.03. The minimum Gasteiger partial charge on any atom is -0.311 e. The van der Waals surface area contributed by atoms with Crippen LogP contribution in [0.25, 0.3) is 76.5 Å². The Hall–Kier alpha value is -8.66. The molecule has 0 radical (unpaired) electrons. The summed E-state index contributed by atoms with van der Waals surface area (Å²) in [4.78, 5) is 5.10. The highest BCUT2D eigenvalue weighted by Crippen LogP contribution is 2.48. The van der Waals surface area contributed by atoms with E-state index in [1.165, 1.54) is 116 Å². The number of benzene rings is 12. The van der Waals surface area contributed by atoms with Crippen molar-refractivity contribution in [2.45, 2.75) is 0 Å². The Morgan fingerprint density at radius 3 is 1.12 bits per heavy atom. The molecule has 3 heteroatoms. The van der Waals surface area contributed by atoms with Gasteiger partial charge in [-0.3, -0.25) is 0 Å². The minimum absolute atomic E-state index is 0.0519. The summed E-state index contributed by atoms with van der Waals surface area (Å²) in [5, 5.41) is 10.0. The highest BCUT2D eigenvalue weighted by Gasteiger charge is 2.45. The molecule has 14 rings (SSSR count). The summed E-state index contributed by atoms with van der Waals surface area (Å²) < 4.78 is 0. The van der Waals surface area contributed by atoms with Crippen molar-refractivity contribution in [1.29, 1.82) is 0 Å². The highest BCUT2D eigenvalue weighted by atomic mass is 15.2. The molecule has 2 aliphatic heterocycles. The molecule has 0 aliphatic carbocycles. The topological polar surface area (TPSA) is 6.48 Å². The molecule has 0 spiro atoms. The number of hydrogen-bond acceptors (Lipinski definition) is 2. The van der Waals surface area contributed by atoms with E-state index in [0.29, 0.717) is 0 Å². The van der Waals surface area contributed by atoms with Gasteiger partial charge in [0, 0.05) is 34.1 Å². The smallest absolute Gasteiger partial charge is 0.253 e. The van der Waals surface area contributed by atoms with Crippen molar-refractivity contribution in [3.05, 3.63) is 249 Å². The van der Waals surface area contributed by atoms with E-state index in [2.05, 4.69) is 259 Å². The van der Waals surface area contributed by atoms with Gasteiger partial charge in [-0.25, -0.2) is 0 Å². The molecule has 12 aromatic rings. The standard InChI is InChI=1S/C64H41BN2/c1-3-13-42(14-4-1)44-25-31-54(32-26-44)66-58-35-29-46-17-9-11-21-56(46)62(58)65-63-57-22-12-10-18-47(57)30-36-59(63)67(55-33-27-45(28-34-55)43-15-5-2-6-16-43)61-41-53(40-60(66)64(61)65)51-24-23-50-37-48-19-7-8-20-49(48)38-52(50)39-51/h1-41H. The van der Waals surface area contributed by atoms with Gasteiger partial charge in [-0.2, -0.15) is 0 Å². The fraction of sp³-hybridized carbons (Fsp3) is 0. The van der Waals surface area contributed by atoms with Crippen molar-refractivity contribution in [2.24, 2.45) is 0 Å². The molecule has 2 nitrogen and oxygen atoms in total. The van der Waals surface area contributed by atoms with Crippen LogP contribution >= 0.6 is 0 Å². The summed E-state index contributed by atoms with van der Waals surface area (Å²) in [6, 6.07) is 92.4. The van der Waals surface area contributed by atoms with Crippen LogP contribution in [0.3, 0.4) is 0 Å². The van der Waals surface area contributed by atoms with Gasteiger partial charge in [0.1, 0.15) is 0 Å². The molecule has 310 valence electrons. The Balaban J connectivity index is 1.08. The van der Waals surface area contributed by atoms with E-state index in [-0.39, 0.29) is 6.71 Å². The van der Waals surface area contributed by atoms with Crippen LogP contribution in [0.1, 0.15) is 0 Å². The van der Waals surface area contributed by atoms with Gasteiger partial charge in [-0.15, -0.1) is 0 Å². The molecule has 2 aliphatic rings. The molecule has 0 fully saturated rings. The van der Waals surface area contributed by atoms with Crippen LogP contribution in [-0.4, -0.2) is 6.71 Å². The zero-order valence-electron chi connectivity index (χ0n) is 36.6. The van der Waals surface area contributed by atoms with Crippen molar-refractivity contribution < 1.29 is 0 Å². The lowest BCUT2D eigenvalue weighted by molar-refractivity contribution is 1.26. The lowest BCUT2D eigenvalue weighted by atomic mass is 9.32. The van der Waals surface area contributed by atoms with Crippen molar-refractivity contribution in [3.63, 3.8) is 0 Å². The number of nitrogens with zero attached hydrogens (tertiary/aromatic N) is 2. The average molecular weight is 849 g/mol. The van der Waals surface area contributed by atoms with Gasteiger partial charge < -0.3 is 9.80 Å². The summed E-state index contributed by atoms with van der Waals surface area (Å²) in [5.74, 6) is 0. The zero-order chi connectivity index (χ0) is 44.0. The summed E-state index contributed by atoms with van der Waals surface area (Å²) in [7, 11) is 0. The molecule has 0 saturated carbocycles. The van der Waals surface area contributed by atoms with E-state index in [9.17, 15) is 0 Å². The van der Waals surface area contributed by atoms with E-state index in [1.807, 2.05) is 0 Å². The maximum Gasteiger partial charge on any atom is 0.253 e. The van der Waals surface area contributed by atoms with Crippen LogP contribution in [-0.2, 0) is 0 Å². The van der Waals surface area contributed by atoms with Crippen molar-refractivity contribution >= 4 is 100 Å². The van der Waals surface area contributed by atoms with E-state index in [4.69, 9.17) is 0 Å². The third kappa shape index (κ3) is 5.98. The van der Waals surface area contributed by atoms with Crippen LogP contribution in [0.2, 0.25) is 0 Å². The van der Waals surface area contributed by atoms with Crippen molar-refractivity contribution in [3.8, 4) is 33.4 Å². The largest absolute Gasteiger partial charge is 0.311 e. The van der Waals surface area contributed by atoms with E-state index < -0.39 is 0 Å². The molecule has 0 saturated heterocycles. The second kappa shape index (κ2) is 15.0. The predicted molar refractivity (Wildman–Crippen MR) is 287 cm³/mol. The first-order valence-corrected chi connectivity index (χ1v) is 23.3.